The summed E-state index contributed by atoms with van der Waals surface area (Å²) >= 11 is 0. The number of carbonyl (C=O) groups excluding carboxylic acids is 2. The number of amides is 2. The fraction of sp³-hybridized carbons (Fsp3) is 0.680. The van der Waals surface area contributed by atoms with Crippen LogP contribution in [-0.4, -0.2) is 67.0 Å². The minimum Gasteiger partial charge on any atom is -0.443 e. The molecule has 2 fully saturated rings. The van der Waals surface area contributed by atoms with E-state index >= 15 is 0 Å². The van der Waals surface area contributed by atoms with Crippen molar-refractivity contribution in [3.8, 4) is 6.07 Å². The highest BCUT2D eigenvalue weighted by Gasteiger charge is 2.55. The monoisotopic (exact) mass is 530 g/mol. The van der Waals surface area contributed by atoms with Crippen LogP contribution in [0.25, 0.3) is 11.2 Å². The molecule has 38 heavy (non-hydrogen) atoms. The maximum Gasteiger partial charge on any atom is 0.425 e. The Kier molecular flexibility index (Phi) is 6.88. The van der Waals surface area contributed by atoms with E-state index in [0.717, 1.165) is 0 Å². The second kappa shape index (κ2) is 9.44. The van der Waals surface area contributed by atoms with Crippen molar-refractivity contribution in [1.82, 2.24) is 19.5 Å². The molecule has 0 aliphatic carbocycles. The van der Waals surface area contributed by atoms with Gasteiger partial charge in [0.1, 0.15) is 29.5 Å². The average molecular weight is 531 g/mol. The molecule has 4 atom stereocenters. The van der Waals surface area contributed by atoms with Gasteiger partial charge in [-0.1, -0.05) is 6.92 Å². The second-order valence-electron chi connectivity index (χ2n) is 11.6. The number of imidazole rings is 1. The molecule has 0 N–H and O–H groups in total. The van der Waals surface area contributed by atoms with Gasteiger partial charge in [0.2, 0.25) is 5.82 Å². The molecule has 2 saturated heterocycles. The number of nitriles is 1. The largest absolute Gasteiger partial charge is 0.443 e. The average Bonchev–Trinajstić information content (AvgIpc) is 3.41. The zero-order chi connectivity index (χ0) is 28.2. The van der Waals surface area contributed by atoms with E-state index in [1.54, 1.807) is 46.1 Å². The van der Waals surface area contributed by atoms with Crippen LogP contribution >= 0.6 is 0 Å². The molecule has 4 heterocycles. The van der Waals surface area contributed by atoms with Gasteiger partial charge in [0.05, 0.1) is 12.4 Å². The van der Waals surface area contributed by atoms with E-state index in [-0.39, 0.29) is 35.0 Å². The van der Waals surface area contributed by atoms with Crippen LogP contribution in [-0.2, 0) is 23.7 Å². The Morgan fingerprint density at radius 2 is 1.66 bits per heavy atom. The first kappa shape index (κ1) is 27.7. The third-order valence-corrected chi connectivity index (χ3v) is 5.67. The zero-order valence-electron chi connectivity index (χ0n) is 23.1. The van der Waals surface area contributed by atoms with Gasteiger partial charge in [0.25, 0.3) is 0 Å². The summed E-state index contributed by atoms with van der Waals surface area (Å²) in [6.07, 6.45) is -1.70. The molecule has 206 valence electrons. The number of anilines is 1. The Labute approximate surface area is 221 Å². The van der Waals surface area contributed by atoms with Crippen LogP contribution in [0.3, 0.4) is 0 Å². The predicted octanol–water partition coefficient (Wildman–Crippen LogP) is 4.20. The first-order valence-electron chi connectivity index (χ1n) is 12.5. The minimum atomic E-state index is -1.04. The van der Waals surface area contributed by atoms with Gasteiger partial charge in [-0.15, -0.1) is 0 Å². The maximum atomic E-state index is 13.3. The van der Waals surface area contributed by atoms with Crippen molar-refractivity contribution in [1.29, 1.82) is 5.26 Å². The van der Waals surface area contributed by atoms with Gasteiger partial charge in [0, 0.05) is 0 Å². The molecule has 4 rings (SSSR count). The van der Waals surface area contributed by atoms with E-state index in [1.807, 2.05) is 26.8 Å². The molecule has 2 aliphatic rings. The lowest BCUT2D eigenvalue weighted by Gasteiger charge is -2.28. The van der Waals surface area contributed by atoms with Gasteiger partial charge >= 0.3 is 12.2 Å². The number of aromatic nitrogens is 4. The van der Waals surface area contributed by atoms with Crippen LogP contribution in [0, 0.1) is 11.3 Å². The van der Waals surface area contributed by atoms with Gasteiger partial charge in [0.15, 0.2) is 29.0 Å². The van der Waals surface area contributed by atoms with E-state index in [0.29, 0.717) is 11.3 Å². The molecule has 13 nitrogen and oxygen atoms in total. The quantitative estimate of drug-likeness (QED) is 0.561. The molecule has 0 bridgehead atoms. The lowest BCUT2D eigenvalue weighted by atomic mass is 10.1. The lowest BCUT2D eigenvalue weighted by Crippen LogP contribution is -2.44. The summed E-state index contributed by atoms with van der Waals surface area (Å²) in [4.78, 5) is 40.1. The van der Waals surface area contributed by atoms with Crippen molar-refractivity contribution in [2.45, 2.75) is 110 Å². The molecule has 0 spiro atoms. The highest BCUT2D eigenvalue weighted by Crippen LogP contribution is 2.44. The van der Waals surface area contributed by atoms with Crippen LogP contribution in [0.1, 0.15) is 80.8 Å². The summed E-state index contributed by atoms with van der Waals surface area (Å²) in [6, 6.07) is 1.88. The maximum absolute atomic E-state index is 13.3. The number of rotatable bonds is 3. The first-order chi connectivity index (χ1) is 17.5. The van der Waals surface area contributed by atoms with E-state index in [1.165, 1.54) is 6.33 Å². The van der Waals surface area contributed by atoms with Crippen molar-refractivity contribution in [2.24, 2.45) is 0 Å². The molecule has 0 radical (unpaired) electrons. The molecule has 2 aliphatic heterocycles. The number of carbonyl (C=O) groups is 2. The van der Waals surface area contributed by atoms with Gasteiger partial charge in [-0.25, -0.2) is 14.6 Å². The van der Waals surface area contributed by atoms with Crippen molar-refractivity contribution in [2.75, 3.05) is 4.90 Å². The number of hydrogen-bond acceptors (Lipinski definition) is 11. The second-order valence-corrected chi connectivity index (χ2v) is 11.6. The number of imide groups is 1. The lowest BCUT2D eigenvalue weighted by molar-refractivity contribution is -0.196. The van der Waals surface area contributed by atoms with Crippen molar-refractivity contribution in [3.63, 3.8) is 0 Å². The van der Waals surface area contributed by atoms with Crippen molar-refractivity contribution >= 4 is 29.2 Å². The fourth-order valence-corrected chi connectivity index (χ4v) is 4.37. The van der Waals surface area contributed by atoms with Gasteiger partial charge in [-0.3, -0.25) is 4.57 Å². The number of hydrogen-bond donors (Lipinski definition) is 0. The van der Waals surface area contributed by atoms with Gasteiger partial charge in [-0.2, -0.15) is 20.1 Å². The Hall–Kier alpha value is -3.34. The van der Waals surface area contributed by atoms with Crippen LogP contribution < -0.4 is 4.90 Å². The summed E-state index contributed by atoms with van der Waals surface area (Å²) < 4.78 is 31.0. The van der Waals surface area contributed by atoms with Crippen LogP contribution in [0.2, 0.25) is 0 Å². The van der Waals surface area contributed by atoms with Crippen molar-refractivity contribution in [3.05, 3.63) is 12.2 Å². The van der Waals surface area contributed by atoms with Crippen LogP contribution in [0.4, 0.5) is 15.4 Å². The number of nitrogens with zero attached hydrogens (tertiary/aromatic N) is 6. The van der Waals surface area contributed by atoms with Crippen LogP contribution in [0.5, 0.6) is 0 Å². The third kappa shape index (κ3) is 5.43. The standard InChI is InChI=1S/C25H34N6O7/c1-10-13-16-17(36-25(8,9)35-16)20(34-13)30-12-27-15-18(30)28-14(11-26)29-19(15)31(21(32)37-23(2,3)4)22(33)38-24(5,6)7/h12-13,16-17,20H,10H2,1-9H3/t13-,16-,17-,20-/m1/s1. The molecule has 2 amide bonds. The summed E-state index contributed by atoms with van der Waals surface area (Å²) in [5.74, 6) is -1.36. The first-order valence-corrected chi connectivity index (χ1v) is 12.5. The normalized spacial score (nSPS) is 24.6. The molecule has 0 saturated carbocycles. The highest BCUT2D eigenvalue weighted by atomic mass is 16.8. The molecule has 13 heteroatoms. The smallest absolute Gasteiger partial charge is 0.425 e. The molecule has 2 aromatic heterocycles. The minimum absolute atomic E-state index is 0.0685. The highest BCUT2D eigenvalue weighted by molar-refractivity contribution is 6.12. The Bertz CT molecular complexity index is 1260. The van der Waals surface area contributed by atoms with Crippen molar-refractivity contribution < 1.29 is 33.3 Å². The SMILES string of the molecule is CC[C@H]1O[C@@H](n2cnc3c(N(C(=O)OC(C)(C)C)C(=O)OC(C)(C)C)nc(C#N)nc32)[C@@H]2OC(C)(C)O[C@@H]21. The number of ether oxygens (including phenoxy) is 5. The summed E-state index contributed by atoms with van der Waals surface area (Å²) in [5, 5.41) is 9.71. The zero-order valence-corrected chi connectivity index (χ0v) is 23.1. The van der Waals surface area contributed by atoms with E-state index in [2.05, 4.69) is 15.0 Å². The Morgan fingerprint density at radius 1 is 1.08 bits per heavy atom. The Balaban J connectivity index is 1.85. The molecule has 0 unspecified atom stereocenters. The van der Waals surface area contributed by atoms with Gasteiger partial charge in [-0.05, 0) is 61.8 Å². The van der Waals surface area contributed by atoms with Gasteiger partial charge < -0.3 is 23.7 Å². The molecular weight excluding hydrogens is 496 g/mol. The van der Waals surface area contributed by atoms with E-state index in [4.69, 9.17) is 23.7 Å². The van der Waals surface area contributed by atoms with E-state index < -0.39 is 41.5 Å². The number of fused-ring (bicyclic) bond motifs is 2. The third-order valence-electron chi connectivity index (χ3n) is 5.67. The predicted molar refractivity (Wildman–Crippen MR) is 133 cm³/mol. The summed E-state index contributed by atoms with van der Waals surface area (Å²) in [7, 11) is 0. The van der Waals surface area contributed by atoms with E-state index in [9.17, 15) is 14.9 Å². The summed E-state index contributed by atoms with van der Waals surface area (Å²) in [5.41, 5.74) is -1.64. The topological polar surface area (TPSA) is 151 Å². The Morgan fingerprint density at radius 3 is 2.18 bits per heavy atom. The molecular formula is C25H34N6O7. The van der Waals surface area contributed by atoms with Crippen LogP contribution in [0.15, 0.2) is 6.33 Å². The molecule has 0 aromatic carbocycles. The molecule has 2 aromatic rings. The fourth-order valence-electron chi connectivity index (χ4n) is 4.37. The summed E-state index contributed by atoms with van der Waals surface area (Å²) in [6.45, 7) is 15.6.